The lowest BCUT2D eigenvalue weighted by Gasteiger charge is -2.14. The molecule has 35 heavy (non-hydrogen) atoms. The minimum absolute atomic E-state index is 0.0577. The fourth-order valence-electron chi connectivity index (χ4n) is 4.44. The average Bonchev–Trinajstić information content (AvgIpc) is 3.23. The third kappa shape index (κ3) is 5.44. The molecule has 0 bridgehead atoms. The molecule has 4 aromatic rings. The fraction of sp³-hybridized carbons (Fsp3) is 0.129. The molecule has 4 heteroatoms. The van der Waals surface area contributed by atoms with E-state index in [1.807, 2.05) is 91.0 Å². The Balaban J connectivity index is 1.11. The summed E-state index contributed by atoms with van der Waals surface area (Å²) in [6, 6.07) is 34.6. The zero-order valence-corrected chi connectivity index (χ0v) is 19.4. The summed E-state index contributed by atoms with van der Waals surface area (Å²) in [6.07, 6.45) is 3.44. The Bertz CT molecular complexity index is 1280. The number of alkyl carbamates (subject to hydrolysis) is 1. The number of carbonyl (C=O) groups is 1. The predicted octanol–water partition coefficient (Wildman–Crippen LogP) is 6.82. The minimum atomic E-state index is -0.420. The van der Waals surface area contributed by atoms with Crippen molar-refractivity contribution in [1.82, 2.24) is 5.32 Å². The summed E-state index contributed by atoms with van der Waals surface area (Å²) in [5.74, 6) is 0.864. The van der Waals surface area contributed by atoms with Gasteiger partial charge in [0.1, 0.15) is 19.0 Å². The number of fused-ring (bicyclic) bond motifs is 3. The summed E-state index contributed by atoms with van der Waals surface area (Å²) in [5.41, 5.74) is 6.97. The van der Waals surface area contributed by atoms with Crippen LogP contribution in [-0.4, -0.2) is 19.2 Å². The minimum Gasteiger partial charge on any atom is -0.489 e. The van der Waals surface area contributed by atoms with E-state index in [4.69, 9.17) is 9.47 Å². The molecule has 0 saturated carbocycles. The van der Waals surface area contributed by atoms with Crippen molar-refractivity contribution in [2.24, 2.45) is 0 Å². The molecule has 1 aliphatic carbocycles. The Labute approximate surface area is 205 Å². The Morgan fingerprint density at radius 3 is 2.23 bits per heavy atom. The molecular formula is C31H27NO3. The van der Waals surface area contributed by atoms with Gasteiger partial charge in [0, 0.05) is 12.5 Å². The van der Waals surface area contributed by atoms with E-state index in [2.05, 4.69) is 29.6 Å². The molecule has 0 heterocycles. The van der Waals surface area contributed by atoms with Gasteiger partial charge in [-0.3, -0.25) is 0 Å². The normalized spacial score (nSPS) is 12.2. The zero-order valence-electron chi connectivity index (χ0n) is 19.4. The van der Waals surface area contributed by atoms with Gasteiger partial charge in [0.25, 0.3) is 0 Å². The van der Waals surface area contributed by atoms with Crippen molar-refractivity contribution in [3.63, 3.8) is 0 Å². The monoisotopic (exact) mass is 461 g/mol. The van der Waals surface area contributed by atoms with Gasteiger partial charge in [-0.05, 0) is 45.5 Å². The number of benzene rings is 4. The first kappa shape index (κ1) is 22.5. The number of rotatable bonds is 8. The lowest BCUT2D eigenvalue weighted by atomic mass is 9.98. The molecule has 0 saturated heterocycles. The fourth-order valence-corrected chi connectivity index (χ4v) is 4.44. The highest BCUT2D eigenvalue weighted by Gasteiger charge is 2.28. The van der Waals surface area contributed by atoms with Crippen LogP contribution in [0.2, 0.25) is 0 Å². The first-order valence-electron chi connectivity index (χ1n) is 11.8. The van der Waals surface area contributed by atoms with Crippen LogP contribution in [0.1, 0.15) is 28.2 Å². The highest BCUT2D eigenvalue weighted by molar-refractivity contribution is 5.79. The lowest BCUT2D eigenvalue weighted by molar-refractivity contribution is 0.144. The van der Waals surface area contributed by atoms with E-state index in [9.17, 15) is 4.79 Å². The summed E-state index contributed by atoms with van der Waals surface area (Å²) in [4.78, 5) is 12.3. The SMILES string of the molecule is O=C(NCC=Cc1cccc(OCc2ccccc2)c1)OCC1c2ccccc2-c2ccccc21. The Hall–Kier alpha value is -4.31. The van der Waals surface area contributed by atoms with Crippen LogP contribution >= 0.6 is 0 Å². The van der Waals surface area contributed by atoms with Gasteiger partial charge < -0.3 is 14.8 Å². The van der Waals surface area contributed by atoms with E-state index >= 15 is 0 Å². The van der Waals surface area contributed by atoms with Crippen molar-refractivity contribution in [3.8, 4) is 16.9 Å². The van der Waals surface area contributed by atoms with Gasteiger partial charge in [0.05, 0.1) is 0 Å². The van der Waals surface area contributed by atoms with Gasteiger partial charge in [0.15, 0.2) is 0 Å². The highest BCUT2D eigenvalue weighted by Crippen LogP contribution is 2.44. The van der Waals surface area contributed by atoms with Crippen LogP contribution < -0.4 is 10.1 Å². The third-order valence-electron chi connectivity index (χ3n) is 6.12. The van der Waals surface area contributed by atoms with E-state index in [0.717, 1.165) is 16.9 Å². The molecule has 1 N–H and O–H groups in total. The van der Waals surface area contributed by atoms with E-state index in [0.29, 0.717) is 19.8 Å². The molecule has 4 aromatic carbocycles. The van der Waals surface area contributed by atoms with Crippen molar-refractivity contribution in [2.75, 3.05) is 13.2 Å². The second-order valence-electron chi connectivity index (χ2n) is 8.46. The quantitative estimate of drug-likeness (QED) is 0.313. The second-order valence-corrected chi connectivity index (χ2v) is 8.46. The van der Waals surface area contributed by atoms with E-state index in [1.54, 1.807) is 0 Å². The zero-order chi connectivity index (χ0) is 23.9. The molecule has 0 spiro atoms. The van der Waals surface area contributed by atoms with Gasteiger partial charge >= 0.3 is 6.09 Å². The van der Waals surface area contributed by atoms with Gasteiger partial charge in [-0.1, -0.05) is 103 Å². The standard InChI is InChI=1S/C31H27NO3/c33-31(35-22-30-28-17-6-4-15-26(28)27-16-5-7-18-29(27)30)32-19-9-13-23-12-8-14-25(20-23)34-21-24-10-2-1-3-11-24/h1-18,20,30H,19,21-22H2,(H,32,33). The number of nitrogens with one attached hydrogen (secondary N) is 1. The van der Waals surface area contributed by atoms with Crippen LogP contribution in [0.5, 0.6) is 5.75 Å². The Kier molecular flexibility index (Phi) is 6.90. The van der Waals surface area contributed by atoms with Crippen LogP contribution in [0, 0.1) is 0 Å². The van der Waals surface area contributed by atoms with Crippen LogP contribution in [0.3, 0.4) is 0 Å². The van der Waals surface area contributed by atoms with Gasteiger partial charge in [-0.25, -0.2) is 4.79 Å². The molecule has 5 rings (SSSR count). The topological polar surface area (TPSA) is 47.6 Å². The van der Waals surface area contributed by atoms with Gasteiger partial charge in [-0.2, -0.15) is 0 Å². The summed E-state index contributed by atoms with van der Waals surface area (Å²) in [6.45, 7) is 1.22. The molecule has 0 fully saturated rings. The van der Waals surface area contributed by atoms with Gasteiger partial charge in [-0.15, -0.1) is 0 Å². The average molecular weight is 462 g/mol. The molecule has 0 aromatic heterocycles. The third-order valence-corrected chi connectivity index (χ3v) is 6.12. The predicted molar refractivity (Wildman–Crippen MR) is 139 cm³/mol. The number of hydrogen-bond acceptors (Lipinski definition) is 3. The molecular weight excluding hydrogens is 434 g/mol. The van der Waals surface area contributed by atoms with Crippen molar-refractivity contribution in [1.29, 1.82) is 0 Å². The molecule has 1 aliphatic rings. The van der Waals surface area contributed by atoms with Crippen molar-refractivity contribution in [2.45, 2.75) is 12.5 Å². The largest absolute Gasteiger partial charge is 0.489 e. The first-order valence-corrected chi connectivity index (χ1v) is 11.8. The van der Waals surface area contributed by atoms with E-state index in [-0.39, 0.29) is 5.92 Å². The first-order chi connectivity index (χ1) is 17.3. The molecule has 1 amide bonds. The molecule has 0 atom stereocenters. The number of carbonyl (C=O) groups excluding carboxylic acids is 1. The summed E-state index contributed by atoms with van der Waals surface area (Å²) >= 11 is 0. The maximum absolute atomic E-state index is 12.3. The summed E-state index contributed by atoms with van der Waals surface area (Å²) in [5, 5.41) is 2.81. The number of ether oxygens (including phenoxy) is 2. The van der Waals surface area contributed by atoms with E-state index < -0.39 is 6.09 Å². The van der Waals surface area contributed by atoms with Crippen LogP contribution in [0.25, 0.3) is 17.2 Å². The Morgan fingerprint density at radius 1 is 0.800 bits per heavy atom. The molecule has 0 radical (unpaired) electrons. The number of hydrogen-bond donors (Lipinski definition) is 1. The molecule has 0 unspecified atom stereocenters. The Morgan fingerprint density at radius 2 is 1.49 bits per heavy atom. The second kappa shape index (κ2) is 10.7. The summed E-state index contributed by atoms with van der Waals surface area (Å²) in [7, 11) is 0. The molecule has 174 valence electrons. The van der Waals surface area contributed by atoms with Crippen molar-refractivity contribution >= 4 is 12.2 Å². The van der Waals surface area contributed by atoms with Crippen LogP contribution in [0.15, 0.2) is 109 Å². The maximum Gasteiger partial charge on any atom is 0.407 e. The van der Waals surface area contributed by atoms with Crippen molar-refractivity contribution < 1.29 is 14.3 Å². The van der Waals surface area contributed by atoms with E-state index in [1.165, 1.54) is 22.3 Å². The number of amides is 1. The summed E-state index contributed by atoms with van der Waals surface area (Å²) < 4.78 is 11.5. The molecule has 4 nitrogen and oxygen atoms in total. The highest BCUT2D eigenvalue weighted by atomic mass is 16.5. The molecule has 0 aliphatic heterocycles. The lowest BCUT2D eigenvalue weighted by Crippen LogP contribution is -2.26. The van der Waals surface area contributed by atoms with Gasteiger partial charge in [0.2, 0.25) is 0 Å². The maximum atomic E-state index is 12.3. The smallest absolute Gasteiger partial charge is 0.407 e. The van der Waals surface area contributed by atoms with Crippen molar-refractivity contribution in [3.05, 3.63) is 131 Å². The van der Waals surface area contributed by atoms with Crippen LogP contribution in [-0.2, 0) is 11.3 Å². The van der Waals surface area contributed by atoms with Crippen LogP contribution in [0.4, 0.5) is 4.79 Å².